The Balaban J connectivity index is 2.17. The smallest absolute Gasteiger partial charge is 0.0545 e. The van der Waals surface area contributed by atoms with Gasteiger partial charge in [0, 0.05) is 10.8 Å². The zero-order chi connectivity index (χ0) is 12.3. The van der Waals surface area contributed by atoms with Crippen LogP contribution in [0.1, 0.15) is 21.9 Å². The number of hydrogen-bond donors (Lipinski definition) is 1. The predicted octanol–water partition coefficient (Wildman–Crippen LogP) is 3.99. The van der Waals surface area contributed by atoms with Gasteiger partial charge in [0.2, 0.25) is 0 Å². The lowest BCUT2D eigenvalue weighted by atomic mass is 9.94. The minimum Gasteiger partial charge on any atom is -0.330 e. The molecule has 2 rings (SSSR count). The van der Waals surface area contributed by atoms with Gasteiger partial charge in [-0.25, -0.2) is 0 Å². The normalized spacial score (nSPS) is 12.6. The summed E-state index contributed by atoms with van der Waals surface area (Å²) in [6.45, 7) is 2.74. The minimum atomic E-state index is 0.353. The third kappa shape index (κ3) is 3.09. The highest BCUT2D eigenvalue weighted by Crippen LogP contribution is 2.28. The van der Waals surface area contributed by atoms with Crippen LogP contribution in [-0.4, -0.2) is 6.54 Å². The molecule has 1 heterocycles. The third-order valence-corrected chi connectivity index (χ3v) is 4.37. The van der Waals surface area contributed by atoms with E-state index in [1.54, 1.807) is 11.3 Å². The van der Waals surface area contributed by atoms with Crippen LogP contribution in [0.25, 0.3) is 0 Å². The molecule has 0 fully saturated rings. The molecule has 1 nitrogen and oxygen atoms in total. The van der Waals surface area contributed by atoms with Crippen LogP contribution < -0.4 is 5.73 Å². The highest BCUT2D eigenvalue weighted by molar-refractivity contribution is 7.10. The van der Waals surface area contributed by atoms with Crippen molar-refractivity contribution in [1.29, 1.82) is 0 Å². The van der Waals surface area contributed by atoms with Crippen molar-refractivity contribution < 1.29 is 0 Å². The standard InChI is InChI=1S/C14H16ClNS/c1-10-2-4-11(5-3-10)12(9-16)8-14-13(15)6-7-17-14/h2-7,12H,8-9,16H2,1H3. The molecule has 3 heteroatoms. The largest absolute Gasteiger partial charge is 0.330 e. The van der Waals surface area contributed by atoms with Crippen molar-refractivity contribution in [3.05, 3.63) is 56.7 Å². The predicted molar refractivity (Wildman–Crippen MR) is 76.0 cm³/mol. The molecule has 17 heavy (non-hydrogen) atoms. The van der Waals surface area contributed by atoms with Crippen LogP contribution in [0.3, 0.4) is 0 Å². The highest BCUT2D eigenvalue weighted by atomic mass is 35.5. The Morgan fingerprint density at radius 1 is 1.24 bits per heavy atom. The molecule has 1 unspecified atom stereocenters. The summed E-state index contributed by atoms with van der Waals surface area (Å²) in [4.78, 5) is 1.22. The van der Waals surface area contributed by atoms with E-state index < -0.39 is 0 Å². The number of hydrogen-bond acceptors (Lipinski definition) is 2. The molecule has 0 aliphatic heterocycles. The number of rotatable bonds is 4. The van der Waals surface area contributed by atoms with Crippen LogP contribution in [0.4, 0.5) is 0 Å². The van der Waals surface area contributed by atoms with E-state index in [9.17, 15) is 0 Å². The Bertz CT molecular complexity index is 475. The van der Waals surface area contributed by atoms with Gasteiger partial charge >= 0.3 is 0 Å². The Morgan fingerprint density at radius 3 is 2.47 bits per heavy atom. The summed E-state index contributed by atoms with van der Waals surface area (Å²) in [5, 5.41) is 2.89. The lowest BCUT2D eigenvalue weighted by molar-refractivity contribution is 0.701. The average Bonchev–Trinajstić information content (AvgIpc) is 2.73. The monoisotopic (exact) mass is 265 g/mol. The number of aryl methyl sites for hydroxylation is 1. The van der Waals surface area contributed by atoms with Crippen LogP contribution in [0.2, 0.25) is 5.02 Å². The fourth-order valence-corrected chi connectivity index (χ4v) is 3.07. The maximum atomic E-state index is 6.12. The number of thiophene rings is 1. The van der Waals surface area contributed by atoms with E-state index in [1.165, 1.54) is 16.0 Å². The van der Waals surface area contributed by atoms with Gasteiger partial charge in [-0.05, 0) is 36.9 Å². The molecule has 0 aliphatic rings. The van der Waals surface area contributed by atoms with Crippen LogP contribution >= 0.6 is 22.9 Å². The van der Waals surface area contributed by atoms with Crippen molar-refractivity contribution in [2.75, 3.05) is 6.54 Å². The first-order chi connectivity index (χ1) is 8.20. The van der Waals surface area contributed by atoms with Gasteiger partial charge in [0.05, 0.1) is 5.02 Å². The number of benzene rings is 1. The molecule has 0 radical (unpaired) electrons. The summed E-state index contributed by atoms with van der Waals surface area (Å²) < 4.78 is 0. The second-order valence-electron chi connectivity index (χ2n) is 4.24. The van der Waals surface area contributed by atoms with E-state index in [0.717, 1.165) is 11.4 Å². The quantitative estimate of drug-likeness (QED) is 0.889. The molecule has 0 aliphatic carbocycles. The summed E-state index contributed by atoms with van der Waals surface area (Å²) in [5.74, 6) is 0.353. The van der Waals surface area contributed by atoms with Crippen molar-refractivity contribution in [3.63, 3.8) is 0 Å². The Morgan fingerprint density at radius 2 is 1.94 bits per heavy atom. The molecule has 2 N–H and O–H groups in total. The van der Waals surface area contributed by atoms with Crippen molar-refractivity contribution >= 4 is 22.9 Å². The van der Waals surface area contributed by atoms with Crippen molar-refractivity contribution in [2.24, 2.45) is 5.73 Å². The maximum Gasteiger partial charge on any atom is 0.0545 e. The molecule has 1 atom stereocenters. The summed E-state index contributed by atoms with van der Waals surface area (Å²) in [6.07, 6.45) is 0.927. The van der Waals surface area contributed by atoms with Crippen LogP contribution in [-0.2, 0) is 6.42 Å². The number of nitrogens with two attached hydrogens (primary N) is 1. The van der Waals surface area contributed by atoms with Gasteiger partial charge in [-0.2, -0.15) is 0 Å². The third-order valence-electron chi connectivity index (χ3n) is 2.96. The second kappa shape index (κ2) is 5.67. The Hall–Kier alpha value is -0.830. The van der Waals surface area contributed by atoms with Gasteiger partial charge in [0.15, 0.2) is 0 Å². The van der Waals surface area contributed by atoms with Gasteiger partial charge < -0.3 is 5.73 Å². The molecule has 0 saturated heterocycles. The zero-order valence-corrected chi connectivity index (χ0v) is 11.4. The van der Waals surface area contributed by atoms with Gasteiger partial charge in [-0.1, -0.05) is 41.4 Å². The Labute approximate surface area is 111 Å². The molecule has 0 bridgehead atoms. The van der Waals surface area contributed by atoms with Crippen molar-refractivity contribution in [2.45, 2.75) is 19.3 Å². The lowest BCUT2D eigenvalue weighted by Gasteiger charge is -2.14. The van der Waals surface area contributed by atoms with E-state index in [1.807, 2.05) is 11.4 Å². The van der Waals surface area contributed by atoms with Gasteiger partial charge in [-0.15, -0.1) is 11.3 Å². The summed E-state index contributed by atoms with van der Waals surface area (Å²) in [6, 6.07) is 10.5. The first kappa shape index (κ1) is 12.6. The fraction of sp³-hybridized carbons (Fsp3) is 0.286. The minimum absolute atomic E-state index is 0.353. The number of halogens is 1. The molecule has 0 amide bonds. The van der Waals surface area contributed by atoms with E-state index in [-0.39, 0.29) is 0 Å². The second-order valence-corrected chi connectivity index (χ2v) is 5.65. The summed E-state index contributed by atoms with van der Waals surface area (Å²) in [5.41, 5.74) is 8.44. The fourth-order valence-electron chi connectivity index (χ4n) is 1.87. The van der Waals surface area contributed by atoms with Crippen molar-refractivity contribution in [3.8, 4) is 0 Å². The molecule has 0 saturated carbocycles. The van der Waals surface area contributed by atoms with E-state index in [2.05, 4.69) is 31.2 Å². The van der Waals surface area contributed by atoms with Gasteiger partial charge in [-0.3, -0.25) is 0 Å². The summed E-state index contributed by atoms with van der Waals surface area (Å²) in [7, 11) is 0. The van der Waals surface area contributed by atoms with E-state index >= 15 is 0 Å². The molecule has 1 aromatic carbocycles. The SMILES string of the molecule is Cc1ccc(C(CN)Cc2sccc2Cl)cc1. The molecule has 90 valence electrons. The average molecular weight is 266 g/mol. The van der Waals surface area contributed by atoms with E-state index in [4.69, 9.17) is 17.3 Å². The molecule has 2 aromatic rings. The first-order valence-corrected chi connectivity index (χ1v) is 6.95. The maximum absolute atomic E-state index is 6.12. The summed E-state index contributed by atoms with van der Waals surface area (Å²) >= 11 is 7.83. The van der Waals surface area contributed by atoms with Crippen LogP contribution in [0.5, 0.6) is 0 Å². The Kier molecular flexibility index (Phi) is 4.21. The zero-order valence-electron chi connectivity index (χ0n) is 9.82. The van der Waals surface area contributed by atoms with Gasteiger partial charge in [0.25, 0.3) is 0 Å². The molecule has 1 aromatic heterocycles. The highest BCUT2D eigenvalue weighted by Gasteiger charge is 2.13. The van der Waals surface area contributed by atoms with Crippen molar-refractivity contribution in [1.82, 2.24) is 0 Å². The van der Waals surface area contributed by atoms with E-state index in [0.29, 0.717) is 12.5 Å². The topological polar surface area (TPSA) is 26.0 Å². The molecular weight excluding hydrogens is 250 g/mol. The van der Waals surface area contributed by atoms with Crippen LogP contribution in [0.15, 0.2) is 35.7 Å². The van der Waals surface area contributed by atoms with Crippen LogP contribution in [0, 0.1) is 6.92 Å². The lowest BCUT2D eigenvalue weighted by Crippen LogP contribution is -2.14. The van der Waals surface area contributed by atoms with Gasteiger partial charge in [0.1, 0.15) is 0 Å². The molecular formula is C14H16ClNS. The molecule has 0 spiro atoms. The first-order valence-electron chi connectivity index (χ1n) is 5.69.